The van der Waals surface area contributed by atoms with E-state index >= 15 is 0 Å². The zero-order chi connectivity index (χ0) is 14.8. The van der Waals surface area contributed by atoms with Crippen LogP contribution in [0.15, 0.2) is 12.3 Å². The van der Waals surface area contributed by atoms with Crippen molar-refractivity contribution in [1.82, 2.24) is 4.98 Å². The molecular formula is C10H10Cl3NO5. The van der Waals surface area contributed by atoms with Crippen molar-refractivity contribution in [2.45, 2.75) is 22.4 Å². The van der Waals surface area contributed by atoms with Gasteiger partial charge in [-0.2, -0.15) is 0 Å². The van der Waals surface area contributed by atoms with Gasteiger partial charge in [-0.3, -0.25) is 9.59 Å². The second-order valence-electron chi connectivity index (χ2n) is 3.78. The van der Waals surface area contributed by atoms with Crippen molar-refractivity contribution in [2.24, 2.45) is 0 Å². The van der Waals surface area contributed by atoms with Crippen molar-refractivity contribution in [3.63, 3.8) is 0 Å². The smallest absolute Gasteiger partial charge is 0.306 e. The van der Waals surface area contributed by atoms with Crippen molar-refractivity contribution >= 4 is 46.6 Å². The molecule has 0 saturated carbocycles. The van der Waals surface area contributed by atoms with Gasteiger partial charge in [0, 0.05) is 11.8 Å². The standard InChI is InChI=1S/C10H10Cl3NO5/c11-10(12,13)9(19)5-1-4(3-14-5)8(18)6(15)2-7(16)17/h1,3,6,8,14-15,18H,2H2,(H,16,17). The number of nitrogens with one attached hydrogen (secondary N) is 1. The minimum atomic E-state index is -2.15. The Bertz CT molecular complexity index is 482. The summed E-state index contributed by atoms with van der Waals surface area (Å²) in [6.45, 7) is 0. The molecule has 1 aromatic heterocycles. The third-order valence-corrected chi connectivity index (χ3v) is 2.81. The first-order valence-corrected chi connectivity index (χ1v) is 6.14. The highest BCUT2D eigenvalue weighted by Gasteiger charge is 2.33. The van der Waals surface area contributed by atoms with Gasteiger partial charge in [0.15, 0.2) is 0 Å². The second kappa shape index (κ2) is 6.11. The minimum Gasteiger partial charge on any atom is -0.481 e. The number of hydrogen-bond acceptors (Lipinski definition) is 4. The van der Waals surface area contributed by atoms with Crippen molar-refractivity contribution in [3.8, 4) is 0 Å². The predicted octanol–water partition coefficient (Wildman–Crippen LogP) is 1.44. The number of rotatable bonds is 5. The first kappa shape index (κ1) is 16.3. The summed E-state index contributed by atoms with van der Waals surface area (Å²) in [5.41, 5.74) is 0.0444. The zero-order valence-electron chi connectivity index (χ0n) is 9.31. The summed E-state index contributed by atoms with van der Waals surface area (Å²) in [7, 11) is 0. The van der Waals surface area contributed by atoms with Gasteiger partial charge in [0.2, 0.25) is 5.78 Å². The van der Waals surface area contributed by atoms with Crippen LogP contribution in [0.2, 0.25) is 0 Å². The molecule has 1 aromatic rings. The van der Waals surface area contributed by atoms with Crippen molar-refractivity contribution in [3.05, 3.63) is 23.5 Å². The van der Waals surface area contributed by atoms with E-state index in [1.54, 1.807) is 0 Å². The maximum Gasteiger partial charge on any atom is 0.306 e. The molecule has 0 fully saturated rings. The lowest BCUT2D eigenvalue weighted by Gasteiger charge is -2.14. The number of aliphatic carboxylic acids is 1. The van der Waals surface area contributed by atoms with E-state index in [0.717, 1.165) is 0 Å². The van der Waals surface area contributed by atoms with Crippen LogP contribution >= 0.6 is 34.8 Å². The first-order chi connectivity index (χ1) is 8.62. The molecule has 0 bridgehead atoms. The highest BCUT2D eigenvalue weighted by molar-refractivity contribution is 6.77. The molecule has 0 radical (unpaired) electrons. The van der Waals surface area contributed by atoms with Crippen LogP contribution < -0.4 is 0 Å². The molecule has 0 aliphatic carbocycles. The number of hydrogen-bond donors (Lipinski definition) is 4. The lowest BCUT2D eigenvalue weighted by molar-refractivity contribution is -0.141. The summed E-state index contributed by atoms with van der Waals surface area (Å²) in [5.74, 6) is -2.09. The van der Waals surface area contributed by atoms with E-state index in [9.17, 15) is 19.8 Å². The fourth-order valence-electron chi connectivity index (χ4n) is 1.38. The minimum absolute atomic E-state index is 0.0726. The predicted molar refractivity (Wildman–Crippen MR) is 68.6 cm³/mol. The average Bonchev–Trinajstić information content (AvgIpc) is 2.73. The quantitative estimate of drug-likeness (QED) is 0.482. The summed E-state index contributed by atoms with van der Waals surface area (Å²) in [5, 5.41) is 27.6. The number of Topliss-reactive ketones (excluding diaryl/α,β-unsaturated/α-hetero) is 1. The van der Waals surface area contributed by atoms with Gasteiger partial charge in [-0.05, 0) is 6.07 Å². The number of aliphatic hydroxyl groups excluding tert-OH is 2. The number of ketones is 1. The lowest BCUT2D eigenvalue weighted by Crippen LogP contribution is -2.21. The number of carboxylic acid groups (broad SMARTS) is 1. The normalized spacial score (nSPS) is 15.0. The van der Waals surface area contributed by atoms with Gasteiger partial charge in [0.05, 0.1) is 18.2 Å². The van der Waals surface area contributed by atoms with E-state index in [2.05, 4.69) is 4.98 Å². The Hall–Kier alpha value is -0.790. The Labute approximate surface area is 122 Å². The second-order valence-corrected chi connectivity index (χ2v) is 6.06. The Morgan fingerprint density at radius 1 is 1.32 bits per heavy atom. The highest BCUT2D eigenvalue weighted by Crippen LogP contribution is 2.31. The summed E-state index contributed by atoms with van der Waals surface area (Å²) in [6.07, 6.45) is -2.40. The average molecular weight is 331 g/mol. The van der Waals surface area contributed by atoms with Gasteiger partial charge in [0.1, 0.15) is 6.10 Å². The molecule has 0 aliphatic rings. The van der Waals surface area contributed by atoms with Gasteiger partial charge >= 0.3 is 5.97 Å². The van der Waals surface area contributed by atoms with Gasteiger partial charge in [-0.15, -0.1) is 0 Å². The number of aromatic nitrogens is 1. The van der Waals surface area contributed by atoms with Crippen LogP contribution in [-0.4, -0.2) is 42.0 Å². The molecule has 1 rings (SSSR count). The molecule has 2 unspecified atom stereocenters. The number of alkyl halides is 3. The summed E-state index contributed by atoms with van der Waals surface area (Å²) in [6, 6.07) is 1.18. The van der Waals surface area contributed by atoms with Gasteiger partial charge in [-0.1, -0.05) is 34.8 Å². The molecule has 0 aliphatic heterocycles. The molecule has 0 aromatic carbocycles. The summed E-state index contributed by atoms with van der Waals surface area (Å²) in [4.78, 5) is 24.5. The van der Waals surface area contributed by atoms with Crippen molar-refractivity contribution in [1.29, 1.82) is 0 Å². The topological polar surface area (TPSA) is 111 Å². The third-order valence-electron chi connectivity index (χ3n) is 2.30. The van der Waals surface area contributed by atoms with E-state index in [4.69, 9.17) is 39.9 Å². The highest BCUT2D eigenvalue weighted by atomic mass is 35.6. The molecule has 0 spiro atoms. The molecule has 6 nitrogen and oxygen atoms in total. The molecule has 1 heterocycles. The summed E-state index contributed by atoms with van der Waals surface area (Å²) < 4.78 is -2.15. The van der Waals surface area contributed by atoms with Crippen LogP contribution in [0.1, 0.15) is 28.6 Å². The molecule has 0 saturated heterocycles. The molecular weight excluding hydrogens is 320 g/mol. The van der Waals surface area contributed by atoms with E-state index in [0.29, 0.717) is 0 Å². The van der Waals surface area contributed by atoms with Crippen molar-refractivity contribution in [2.75, 3.05) is 0 Å². The van der Waals surface area contributed by atoms with E-state index in [1.165, 1.54) is 12.3 Å². The fourth-order valence-corrected chi connectivity index (χ4v) is 1.68. The van der Waals surface area contributed by atoms with Gasteiger partial charge in [0.25, 0.3) is 3.79 Å². The van der Waals surface area contributed by atoms with Crippen LogP contribution in [0.3, 0.4) is 0 Å². The maximum atomic E-state index is 11.6. The van der Waals surface area contributed by atoms with Crippen LogP contribution in [0, 0.1) is 0 Å². The molecule has 19 heavy (non-hydrogen) atoms. The van der Waals surface area contributed by atoms with Crippen LogP contribution in [0.25, 0.3) is 0 Å². The van der Waals surface area contributed by atoms with E-state index in [-0.39, 0.29) is 11.3 Å². The number of aromatic amines is 1. The molecule has 9 heteroatoms. The van der Waals surface area contributed by atoms with Gasteiger partial charge in [-0.25, -0.2) is 0 Å². The third kappa shape index (κ3) is 4.36. The molecule has 0 amide bonds. The SMILES string of the molecule is O=C(O)CC(O)C(O)c1c[nH]c(C(=O)C(Cl)(Cl)Cl)c1. The van der Waals surface area contributed by atoms with E-state index < -0.39 is 34.2 Å². The fraction of sp³-hybridized carbons (Fsp3) is 0.400. The number of carbonyl (C=O) groups excluding carboxylic acids is 1. The van der Waals surface area contributed by atoms with E-state index in [1.807, 2.05) is 0 Å². The maximum absolute atomic E-state index is 11.6. The first-order valence-electron chi connectivity index (χ1n) is 5.00. The van der Waals surface area contributed by atoms with Crippen LogP contribution in [0.4, 0.5) is 0 Å². The Morgan fingerprint density at radius 2 is 1.89 bits per heavy atom. The van der Waals surface area contributed by atoms with Crippen LogP contribution in [-0.2, 0) is 4.79 Å². The molecule has 106 valence electrons. The molecule has 2 atom stereocenters. The summed E-state index contributed by atoms with van der Waals surface area (Å²) >= 11 is 16.2. The zero-order valence-corrected chi connectivity index (χ0v) is 11.6. The lowest BCUT2D eigenvalue weighted by atomic mass is 10.0. The Kier molecular flexibility index (Phi) is 5.23. The van der Waals surface area contributed by atoms with Gasteiger partial charge < -0.3 is 20.3 Å². The van der Waals surface area contributed by atoms with Crippen molar-refractivity contribution < 1.29 is 24.9 Å². The number of carboxylic acids is 1. The number of aliphatic hydroxyl groups is 2. The monoisotopic (exact) mass is 329 g/mol. The Morgan fingerprint density at radius 3 is 2.37 bits per heavy atom. The Balaban J connectivity index is 2.85. The number of halogens is 3. The molecule has 4 N–H and O–H groups in total. The number of H-pyrrole nitrogens is 1. The largest absolute Gasteiger partial charge is 0.481 e. The van der Waals surface area contributed by atoms with Crippen LogP contribution in [0.5, 0.6) is 0 Å². The number of carbonyl (C=O) groups is 2.